The Bertz CT molecular complexity index is 1170. The van der Waals surface area contributed by atoms with Crippen LogP contribution in [-0.2, 0) is 13.7 Å². The molecule has 0 N–H and O–H groups in total. The van der Waals surface area contributed by atoms with Gasteiger partial charge in [0.25, 0.3) is 0 Å². The van der Waals surface area contributed by atoms with E-state index >= 15 is 0 Å². The molecular formula is C26H27N5O. The third kappa shape index (κ3) is 4.13. The molecule has 32 heavy (non-hydrogen) atoms. The Hall–Kier alpha value is -3.54. The minimum Gasteiger partial charge on any atom is -0.487 e. The molecule has 6 nitrogen and oxygen atoms in total. The number of benzene rings is 2. The van der Waals surface area contributed by atoms with Crippen molar-refractivity contribution in [1.82, 2.24) is 25.2 Å². The molecule has 4 aromatic rings. The summed E-state index contributed by atoms with van der Waals surface area (Å²) < 4.78 is 5.94. The molecule has 2 aromatic carbocycles. The molecule has 0 radical (unpaired) electrons. The third-order valence-corrected chi connectivity index (χ3v) is 6.53. The van der Waals surface area contributed by atoms with E-state index in [4.69, 9.17) is 4.74 Å². The van der Waals surface area contributed by atoms with Gasteiger partial charge < -0.3 is 4.74 Å². The second-order valence-electron chi connectivity index (χ2n) is 8.84. The molecule has 0 saturated heterocycles. The van der Waals surface area contributed by atoms with Crippen LogP contribution in [-0.4, -0.2) is 25.2 Å². The van der Waals surface area contributed by atoms with Gasteiger partial charge in [0.05, 0.1) is 12.7 Å². The first-order valence-corrected chi connectivity index (χ1v) is 11.1. The van der Waals surface area contributed by atoms with Crippen molar-refractivity contribution in [3.8, 4) is 17.1 Å². The molecule has 1 aliphatic carbocycles. The Morgan fingerprint density at radius 3 is 2.25 bits per heavy atom. The number of rotatable bonds is 7. The van der Waals surface area contributed by atoms with Crippen molar-refractivity contribution in [2.75, 3.05) is 0 Å². The van der Waals surface area contributed by atoms with Crippen LogP contribution in [0, 0.1) is 5.41 Å². The fourth-order valence-corrected chi connectivity index (χ4v) is 4.64. The summed E-state index contributed by atoms with van der Waals surface area (Å²) in [7, 11) is 1.78. The predicted molar refractivity (Wildman–Crippen MR) is 123 cm³/mol. The van der Waals surface area contributed by atoms with Crippen molar-refractivity contribution in [1.29, 1.82) is 0 Å². The van der Waals surface area contributed by atoms with Gasteiger partial charge in [-0.1, -0.05) is 55.8 Å². The Kier molecular flexibility index (Phi) is 5.43. The molecular weight excluding hydrogens is 398 g/mol. The van der Waals surface area contributed by atoms with Crippen LogP contribution in [0.25, 0.3) is 11.4 Å². The van der Waals surface area contributed by atoms with Gasteiger partial charge in [-0.05, 0) is 58.9 Å². The molecule has 1 saturated carbocycles. The lowest BCUT2D eigenvalue weighted by molar-refractivity contribution is 0.135. The van der Waals surface area contributed by atoms with Gasteiger partial charge in [0.1, 0.15) is 12.4 Å². The van der Waals surface area contributed by atoms with Crippen LogP contribution in [0.3, 0.4) is 0 Å². The molecule has 162 valence electrons. The average Bonchev–Trinajstić information content (AvgIpc) is 3.25. The van der Waals surface area contributed by atoms with Gasteiger partial charge in [0.2, 0.25) is 5.82 Å². The summed E-state index contributed by atoms with van der Waals surface area (Å²) in [4.78, 5) is 5.81. The quantitative estimate of drug-likeness (QED) is 0.408. The van der Waals surface area contributed by atoms with Gasteiger partial charge in [-0.15, -0.1) is 10.2 Å². The number of aryl methyl sites for hydroxylation is 1. The van der Waals surface area contributed by atoms with E-state index in [0.29, 0.717) is 18.3 Å². The van der Waals surface area contributed by atoms with E-state index in [9.17, 15) is 0 Å². The number of aromatic nitrogens is 5. The molecule has 1 aliphatic rings. The smallest absolute Gasteiger partial charge is 0.204 e. The zero-order valence-electron chi connectivity index (χ0n) is 18.5. The van der Waals surface area contributed by atoms with Crippen molar-refractivity contribution in [2.45, 2.75) is 38.7 Å². The first kappa shape index (κ1) is 20.4. The lowest BCUT2D eigenvalue weighted by atomic mass is 9.59. The summed E-state index contributed by atoms with van der Waals surface area (Å²) >= 11 is 0. The number of hydrogen-bond donors (Lipinski definition) is 0. The van der Waals surface area contributed by atoms with E-state index in [2.05, 4.69) is 75.8 Å². The van der Waals surface area contributed by atoms with Gasteiger partial charge in [-0.2, -0.15) is 4.80 Å². The van der Waals surface area contributed by atoms with Crippen molar-refractivity contribution in [2.24, 2.45) is 12.5 Å². The van der Waals surface area contributed by atoms with E-state index in [0.717, 1.165) is 17.0 Å². The fourth-order valence-electron chi connectivity index (χ4n) is 4.64. The SMILES string of the molecule is Cn1nnc(-c2ccc(C(c3ccc(OCc4ccccn4)cc3)C3(C)CCC3)cc2)n1. The highest BCUT2D eigenvalue weighted by molar-refractivity contribution is 5.55. The number of pyridine rings is 1. The molecule has 0 aliphatic heterocycles. The summed E-state index contributed by atoms with van der Waals surface area (Å²) in [5, 5.41) is 12.4. The van der Waals surface area contributed by atoms with Gasteiger partial charge in [0, 0.05) is 17.7 Å². The molecule has 2 heterocycles. The van der Waals surface area contributed by atoms with E-state index < -0.39 is 0 Å². The van der Waals surface area contributed by atoms with Crippen molar-refractivity contribution in [3.05, 3.63) is 89.7 Å². The second-order valence-corrected chi connectivity index (χ2v) is 8.84. The molecule has 1 fully saturated rings. The lowest BCUT2D eigenvalue weighted by Gasteiger charge is -2.46. The topological polar surface area (TPSA) is 65.7 Å². The van der Waals surface area contributed by atoms with Gasteiger partial charge >= 0.3 is 0 Å². The van der Waals surface area contributed by atoms with Crippen molar-refractivity contribution < 1.29 is 4.74 Å². The summed E-state index contributed by atoms with van der Waals surface area (Å²) in [6.45, 7) is 2.88. The molecule has 2 aromatic heterocycles. The maximum Gasteiger partial charge on any atom is 0.204 e. The molecule has 0 amide bonds. The van der Waals surface area contributed by atoms with Crippen LogP contribution >= 0.6 is 0 Å². The molecule has 6 heteroatoms. The summed E-state index contributed by atoms with van der Waals surface area (Å²) in [6, 6.07) is 23.1. The van der Waals surface area contributed by atoms with Gasteiger partial charge in [-0.3, -0.25) is 4.98 Å². The van der Waals surface area contributed by atoms with Crippen molar-refractivity contribution >= 4 is 0 Å². The maximum atomic E-state index is 5.94. The van der Waals surface area contributed by atoms with Crippen LogP contribution in [0.2, 0.25) is 0 Å². The Labute approximate surface area is 188 Å². The summed E-state index contributed by atoms with van der Waals surface area (Å²) in [5.41, 5.74) is 4.82. The van der Waals surface area contributed by atoms with E-state index in [1.165, 1.54) is 35.2 Å². The maximum absolute atomic E-state index is 5.94. The molecule has 5 rings (SSSR count). The first-order chi connectivity index (χ1) is 15.6. The molecule has 0 bridgehead atoms. The first-order valence-electron chi connectivity index (χ1n) is 11.1. The highest BCUT2D eigenvalue weighted by Crippen LogP contribution is 2.54. The highest BCUT2D eigenvalue weighted by atomic mass is 16.5. The summed E-state index contributed by atoms with van der Waals surface area (Å²) in [6.07, 6.45) is 5.56. The molecule has 1 unspecified atom stereocenters. The summed E-state index contributed by atoms with van der Waals surface area (Å²) in [5.74, 6) is 1.85. The monoisotopic (exact) mass is 425 g/mol. The van der Waals surface area contributed by atoms with Crippen LogP contribution in [0.15, 0.2) is 72.9 Å². The van der Waals surface area contributed by atoms with E-state index in [-0.39, 0.29) is 5.41 Å². The third-order valence-electron chi connectivity index (χ3n) is 6.53. The minimum atomic E-state index is 0.267. The molecule has 0 spiro atoms. The molecule has 1 atom stereocenters. The van der Waals surface area contributed by atoms with Crippen LogP contribution in [0.4, 0.5) is 0 Å². The second kappa shape index (κ2) is 8.54. The zero-order chi connectivity index (χ0) is 22.0. The van der Waals surface area contributed by atoms with Gasteiger partial charge in [-0.25, -0.2) is 0 Å². The largest absolute Gasteiger partial charge is 0.487 e. The average molecular weight is 426 g/mol. The number of ether oxygens (including phenoxy) is 1. The van der Waals surface area contributed by atoms with Crippen LogP contribution in [0.1, 0.15) is 48.9 Å². The fraction of sp³-hybridized carbons (Fsp3) is 0.308. The predicted octanol–water partition coefficient (Wildman–Crippen LogP) is 5.17. The van der Waals surface area contributed by atoms with Crippen molar-refractivity contribution in [3.63, 3.8) is 0 Å². The lowest BCUT2D eigenvalue weighted by Crippen LogP contribution is -2.33. The number of hydrogen-bond acceptors (Lipinski definition) is 5. The van der Waals surface area contributed by atoms with Gasteiger partial charge in [0.15, 0.2) is 0 Å². The normalized spacial score (nSPS) is 15.7. The Morgan fingerprint density at radius 2 is 1.69 bits per heavy atom. The Balaban J connectivity index is 1.37. The Morgan fingerprint density at radius 1 is 0.969 bits per heavy atom. The van der Waals surface area contributed by atoms with Crippen LogP contribution < -0.4 is 4.74 Å². The number of nitrogens with zero attached hydrogens (tertiary/aromatic N) is 5. The van der Waals surface area contributed by atoms with E-state index in [1.54, 1.807) is 13.2 Å². The number of tetrazole rings is 1. The zero-order valence-corrected chi connectivity index (χ0v) is 18.5. The minimum absolute atomic E-state index is 0.267. The van der Waals surface area contributed by atoms with Crippen LogP contribution in [0.5, 0.6) is 5.75 Å². The van der Waals surface area contributed by atoms with E-state index in [1.807, 2.05) is 18.2 Å². The standard InChI is InChI=1S/C26H27N5O/c1-26(15-5-16-26)24(19-7-9-21(10-8-19)25-28-30-31(2)29-25)20-11-13-23(14-12-20)32-18-22-6-3-4-17-27-22/h3-4,6-14,17,24H,5,15-16,18H2,1-2H3. The highest BCUT2D eigenvalue weighted by Gasteiger charge is 2.41.